The van der Waals surface area contributed by atoms with Crippen LogP contribution >= 0.6 is 11.3 Å². The normalized spacial score (nSPS) is 14.4. The maximum Gasteiger partial charge on any atom is 0.0896 e. The van der Waals surface area contributed by atoms with Gasteiger partial charge in [0.05, 0.1) is 5.01 Å². The lowest BCUT2D eigenvalue weighted by Gasteiger charge is -2.28. The second kappa shape index (κ2) is 4.41. The van der Waals surface area contributed by atoms with Gasteiger partial charge in [-0.25, -0.2) is 4.98 Å². The van der Waals surface area contributed by atoms with Crippen LogP contribution < -0.4 is 0 Å². The second-order valence-corrected chi connectivity index (χ2v) is 6.11. The fourth-order valence-corrected chi connectivity index (χ4v) is 2.26. The predicted molar refractivity (Wildman–Crippen MR) is 60.6 cm³/mol. The highest BCUT2D eigenvalue weighted by Gasteiger charge is 2.24. The molecule has 80 valence electrons. The quantitative estimate of drug-likeness (QED) is 0.837. The topological polar surface area (TPSA) is 33.1 Å². The summed E-state index contributed by atoms with van der Waals surface area (Å²) in [5.41, 5.74) is 0.159. The van der Waals surface area contributed by atoms with Crippen LogP contribution in [0, 0.1) is 18.3 Å². The predicted octanol–water partition coefficient (Wildman–Crippen LogP) is 2.65. The first-order chi connectivity index (χ1) is 6.43. The molecule has 1 aromatic heterocycles. The minimum Gasteiger partial charge on any atom is -0.396 e. The van der Waals surface area contributed by atoms with Crippen molar-refractivity contribution < 1.29 is 5.11 Å². The Morgan fingerprint density at radius 1 is 1.50 bits per heavy atom. The van der Waals surface area contributed by atoms with Crippen molar-refractivity contribution in [3.05, 3.63) is 16.1 Å². The number of nitrogens with zero attached hydrogens (tertiary/aromatic N) is 1. The number of hydrogen-bond acceptors (Lipinski definition) is 3. The van der Waals surface area contributed by atoms with Crippen LogP contribution in [0.25, 0.3) is 0 Å². The van der Waals surface area contributed by atoms with E-state index in [0.717, 1.165) is 11.4 Å². The van der Waals surface area contributed by atoms with Crippen LogP contribution in [0.15, 0.2) is 6.20 Å². The van der Waals surface area contributed by atoms with E-state index in [0.29, 0.717) is 5.92 Å². The van der Waals surface area contributed by atoms with Gasteiger partial charge in [-0.2, -0.15) is 0 Å². The van der Waals surface area contributed by atoms with Crippen LogP contribution in [0.4, 0.5) is 0 Å². The highest BCUT2D eigenvalue weighted by atomic mass is 32.1. The minimum absolute atomic E-state index is 0.159. The average molecular weight is 213 g/mol. The molecule has 0 radical (unpaired) electrons. The molecule has 14 heavy (non-hydrogen) atoms. The number of aryl methyl sites for hydroxylation is 1. The zero-order chi connectivity index (χ0) is 10.8. The molecule has 1 N–H and O–H groups in total. The lowest BCUT2D eigenvalue weighted by molar-refractivity contribution is 0.131. The monoisotopic (exact) mass is 213 g/mol. The van der Waals surface area contributed by atoms with Crippen molar-refractivity contribution in [1.82, 2.24) is 4.98 Å². The second-order valence-electron chi connectivity index (χ2n) is 4.80. The van der Waals surface area contributed by atoms with E-state index in [2.05, 4.69) is 25.8 Å². The zero-order valence-electron chi connectivity index (χ0n) is 9.37. The Labute approximate surface area is 90.0 Å². The van der Waals surface area contributed by atoms with E-state index >= 15 is 0 Å². The van der Waals surface area contributed by atoms with Gasteiger partial charge in [0, 0.05) is 17.7 Å². The average Bonchev–Trinajstić information content (AvgIpc) is 2.45. The summed E-state index contributed by atoms with van der Waals surface area (Å²) in [5, 5.41) is 10.4. The molecule has 0 aromatic carbocycles. The van der Waals surface area contributed by atoms with Gasteiger partial charge in [0.25, 0.3) is 0 Å². The van der Waals surface area contributed by atoms with Crippen molar-refractivity contribution in [1.29, 1.82) is 0 Å². The van der Waals surface area contributed by atoms with Gasteiger partial charge in [0.2, 0.25) is 0 Å². The Bertz CT molecular complexity index is 288. The van der Waals surface area contributed by atoms with Crippen molar-refractivity contribution in [3.8, 4) is 0 Å². The van der Waals surface area contributed by atoms with Gasteiger partial charge in [0.1, 0.15) is 0 Å². The van der Waals surface area contributed by atoms with Crippen molar-refractivity contribution >= 4 is 11.3 Å². The molecule has 1 atom stereocenters. The van der Waals surface area contributed by atoms with E-state index < -0.39 is 0 Å². The van der Waals surface area contributed by atoms with Crippen LogP contribution in [0.5, 0.6) is 0 Å². The molecule has 0 aliphatic rings. The van der Waals surface area contributed by atoms with E-state index in [4.69, 9.17) is 0 Å². The van der Waals surface area contributed by atoms with Gasteiger partial charge in [0.15, 0.2) is 0 Å². The largest absolute Gasteiger partial charge is 0.396 e. The SMILES string of the molecule is Cc1ncc(CC(CO)C(C)(C)C)s1. The Kier molecular flexibility index (Phi) is 3.67. The fourth-order valence-electron chi connectivity index (χ4n) is 1.39. The van der Waals surface area contributed by atoms with Crippen LogP contribution in [-0.2, 0) is 6.42 Å². The maximum atomic E-state index is 9.31. The van der Waals surface area contributed by atoms with E-state index in [9.17, 15) is 5.11 Å². The number of aliphatic hydroxyl groups excluding tert-OH is 1. The van der Waals surface area contributed by atoms with E-state index in [1.807, 2.05) is 13.1 Å². The smallest absolute Gasteiger partial charge is 0.0896 e. The van der Waals surface area contributed by atoms with Crippen molar-refractivity contribution in [3.63, 3.8) is 0 Å². The molecule has 0 amide bonds. The van der Waals surface area contributed by atoms with Gasteiger partial charge in [-0.15, -0.1) is 11.3 Å². The summed E-state index contributed by atoms with van der Waals surface area (Å²) in [6, 6.07) is 0. The summed E-state index contributed by atoms with van der Waals surface area (Å²) in [6.45, 7) is 8.77. The molecular weight excluding hydrogens is 194 g/mol. The van der Waals surface area contributed by atoms with E-state index in [1.165, 1.54) is 4.88 Å². The van der Waals surface area contributed by atoms with Gasteiger partial charge < -0.3 is 5.11 Å². The summed E-state index contributed by atoms with van der Waals surface area (Å²) in [4.78, 5) is 5.50. The molecule has 1 rings (SSSR count). The first kappa shape index (κ1) is 11.7. The number of aliphatic hydroxyl groups is 1. The standard InChI is InChI=1S/C11H19NOS/c1-8-12-6-10(14-8)5-9(7-13)11(2,3)4/h6,9,13H,5,7H2,1-4H3. The van der Waals surface area contributed by atoms with Crippen molar-refractivity contribution in [2.75, 3.05) is 6.61 Å². The summed E-state index contributed by atoms with van der Waals surface area (Å²) in [6.07, 6.45) is 2.86. The molecule has 0 aliphatic carbocycles. The highest BCUT2D eigenvalue weighted by Crippen LogP contribution is 2.30. The molecule has 0 spiro atoms. The first-order valence-corrected chi connectivity index (χ1v) is 5.77. The van der Waals surface area contributed by atoms with E-state index in [1.54, 1.807) is 11.3 Å². The molecule has 0 saturated heterocycles. The van der Waals surface area contributed by atoms with Gasteiger partial charge in [-0.05, 0) is 24.7 Å². The Morgan fingerprint density at radius 3 is 2.50 bits per heavy atom. The third-order valence-electron chi connectivity index (χ3n) is 2.56. The third-order valence-corrected chi connectivity index (χ3v) is 3.50. The summed E-state index contributed by atoms with van der Waals surface area (Å²) < 4.78 is 0. The minimum atomic E-state index is 0.159. The molecule has 0 saturated carbocycles. The molecule has 1 aromatic rings. The first-order valence-electron chi connectivity index (χ1n) is 4.95. The van der Waals surface area contributed by atoms with Crippen LogP contribution in [0.1, 0.15) is 30.7 Å². The van der Waals surface area contributed by atoms with Crippen molar-refractivity contribution in [2.24, 2.45) is 11.3 Å². The van der Waals surface area contributed by atoms with Crippen molar-refractivity contribution in [2.45, 2.75) is 34.1 Å². The highest BCUT2D eigenvalue weighted by molar-refractivity contribution is 7.11. The summed E-state index contributed by atoms with van der Waals surface area (Å²) >= 11 is 1.73. The van der Waals surface area contributed by atoms with Crippen LogP contribution in [-0.4, -0.2) is 16.7 Å². The molecular formula is C11H19NOS. The van der Waals surface area contributed by atoms with Gasteiger partial charge in [-0.3, -0.25) is 0 Å². The number of hydrogen-bond donors (Lipinski definition) is 1. The number of rotatable bonds is 3. The van der Waals surface area contributed by atoms with E-state index in [-0.39, 0.29) is 12.0 Å². The number of aromatic nitrogens is 1. The van der Waals surface area contributed by atoms with Crippen LogP contribution in [0.2, 0.25) is 0 Å². The summed E-state index contributed by atoms with van der Waals surface area (Å²) in [5.74, 6) is 0.322. The molecule has 0 fully saturated rings. The Morgan fingerprint density at radius 2 is 2.14 bits per heavy atom. The maximum absolute atomic E-state index is 9.31. The molecule has 0 bridgehead atoms. The molecule has 1 heterocycles. The molecule has 3 heteroatoms. The van der Waals surface area contributed by atoms with Crippen LogP contribution in [0.3, 0.4) is 0 Å². The molecule has 2 nitrogen and oxygen atoms in total. The third kappa shape index (κ3) is 3.07. The zero-order valence-corrected chi connectivity index (χ0v) is 10.2. The van der Waals surface area contributed by atoms with Gasteiger partial charge >= 0.3 is 0 Å². The molecule has 0 aliphatic heterocycles. The molecule has 1 unspecified atom stereocenters. The lowest BCUT2D eigenvalue weighted by Crippen LogP contribution is -2.25. The fraction of sp³-hybridized carbons (Fsp3) is 0.727. The summed E-state index contributed by atoms with van der Waals surface area (Å²) in [7, 11) is 0. The number of thiazole rings is 1. The Balaban J connectivity index is 2.66. The Hall–Kier alpha value is -0.410. The van der Waals surface area contributed by atoms with Gasteiger partial charge in [-0.1, -0.05) is 20.8 Å². The lowest BCUT2D eigenvalue weighted by atomic mass is 9.79.